The fraction of sp³-hybridized carbons (Fsp3) is 0.333. The van der Waals surface area contributed by atoms with Gasteiger partial charge in [-0.2, -0.15) is 0 Å². The van der Waals surface area contributed by atoms with Crippen LogP contribution in [0.5, 0.6) is 0 Å². The maximum Gasteiger partial charge on any atom is 0.411 e. The number of amides is 2. The Bertz CT molecular complexity index is 930. The van der Waals surface area contributed by atoms with E-state index >= 15 is 0 Å². The first-order valence-electron chi connectivity index (χ1n) is 10.5. The lowest BCUT2D eigenvalue weighted by molar-refractivity contribution is -0.149. The van der Waals surface area contributed by atoms with Crippen molar-refractivity contribution in [2.24, 2.45) is 0 Å². The van der Waals surface area contributed by atoms with Gasteiger partial charge in [0, 0.05) is 18.8 Å². The van der Waals surface area contributed by atoms with Gasteiger partial charge < -0.3 is 19.1 Å². The number of rotatable bonds is 11. The van der Waals surface area contributed by atoms with Gasteiger partial charge in [-0.15, -0.1) is 0 Å². The van der Waals surface area contributed by atoms with Crippen LogP contribution in [0.3, 0.4) is 0 Å². The second-order valence-corrected chi connectivity index (χ2v) is 7.01. The van der Waals surface area contributed by atoms with Crippen LogP contribution < -0.4 is 5.32 Å². The lowest BCUT2D eigenvalue weighted by Crippen LogP contribution is -2.34. The fourth-order valence-electron chi connectivity index (χ4n) is 2.86. The summed E-state index contributed by atoms with van der Waals surface area (Å²) in [5.41, 5.74) is 2.15. The summed E-state index contributed by atoms with van der Waals surface area (Å²) in [7, 11) is 1.27. The van der Waals surface area contributed by atoms with Crippen LogP contribution in [0.2, 0.25) is 0 Å². The molecule has 2 aromatic carbocycles. The van der Waals surface area contributed by atoms with Gasteiger partial charge in [-0.05, 0) is 30.2 Å². The molecule has 9 heteroatoms. The molecule has 9 nitrogen and oxygen atoms in total. The second-order valence-electron chi connectivity index (χ2n) is 7.01. The summed E-state index contributed by atoms with van der Waals surface area (Å²) >= 11 is 0. The number of benzene rings is 2. The summed E-state index contributed by atoms with van der Waals surface area (Å²) in [6.07, 6.45) is -1.00. The van der Waals surface area contributed by atoms with E-state index < -0.39 is 30.4 Å². The molecule has 0 bridgehead atoms. The molecule has 0 spiro atoms. The number of nitrogens with zero attached hydrogens (tertiary/aromatic N) is 1. The molecule has 0 unspecified atom stereocenters. The SMILES string of the molecule is CCOC(=O)CC(=O)N(CCC(=O)OC)Cc1ccc(NC(=O)OCc2ccccc2)cc1. The number of esters is 2. The zero-order valence-electron chi connectivity index (χ0n) is 18.7. The number of ether oxygens (including phenoxy) is 3. The van der Waals surface area contributed by atoms with Crippen LogP contribution in [0.15, 0.2) is 54.6 Å². The Morgan fingerprint density at radius 1 is 0.879 bits per heavy atom. The van der Waals surface area contributed by atoms with Gasteiger partial charge in [-0.1, -0.05) is 42.5 Å². The summed E-state index contributed by atoms with van der Waals surface area (Å²) in [4.78, 5) is 49.1. The van der Waals surface area contributed by atoms with Gasteiger partial charge in [-0.3, -0.25) is 19.7 Å². The van der Waals surface area contributed by atoms with Crippen molar-refractivity contribution in [3.05, 3.63) is 65.7 Å². The van der Waals surface area contributed by atoms with Crippen LogP contribution in [0.4, 0.5) is 10.5 Å². The molecule has 0 radical (unpaired) electrons. The van der Waals surface area contributed by atoms with E-state index in [1.54, 1.807) is 31.2 Å². The number of carbonyl (C=O) groups is 4. The fourth-order valence-corrected chi connectivity index (χ4v) is 2.86. The standard InChI is InChI=1S/C24H28N2O7/c1-3-32-23(29)15-21(27)26(14-13-22(28)31-2)16-18-9-11-20(12-10-18)25-24(30)33-17-19-7-5-4-6-8-19/h4-12H,3,13-17H2,1-2H3,(H,25,30). The van der Waals surface area contributed by atoms with E-state index in [1.165, 1.54) is 12.0 Å². The van der Waals surface area contributed by atoms with Gasteiger partial charge in [0.05, 0.1) is 20.1 Å². The summed E-state index contributed by atoms with van der Waals surface area (Å²) in [5, 5.41) is 2.64. The molecule has 0 aliphatic rings. The molecule has 0 fully saturated rings. The van der Waals surface area contributed by atoms with Crippen molar-refractivity contribution in [2.45, 2.75) is 32.9 Å². The minimum absolute atomic E-state index is 0.00202. The summed E-state index contributed by atoms with van der Waals surface area (Å²) in [6.45, 7) is 2.26. The van der Waals surface area contributed by atoms with Crippen molar-refractivity contribution in [2.75, 3.05) is 25.6 Å². The number of methoxy groups -OCH3 is 1. The van der Waals surface area contributed by atoms with Crippen molar-refractivity contribution in [3.63, 3.8) is 0 Å². The zero-order valence-corrected chi connectivity index (χ0v) is 18.7. The van der Waals surface area contributed by atoms with Gasteiger partial charge in [0.15, 0.2) is 0 Å². The maximum absolute atomic E-state index is 12.5. The lowest BCUT2D eigenvalue weighted by Gasteiger charge is -2.22. The average Bonchev–Trinajstić information content (AvgIpc) is 2.82. The van der Waals surface area contributed by atoms with E-state index in [2.05, 4.69) is 10.1 Å². The van der Waals surface area contributed by atoms with Crippen molar-refractivity contribution in [1.82, 2.24) is 4.90 Å². The second kappa shape index (κ2) is 13.5. The monoisotopic (exact) mass is 456 g/mol. The van der Waals surface area contributed by atoms with Crippen LogP contribution in [0, 0.1) is 0 Å². The third-order valence-corrected chi connectivity index (χ3v) is 4.55. The van der Waals surface area contributed by atoms with Crippen molar-refractivity contribution in [1.29, 1.82) is 0 Å². The molecule has 0 saturated carbocycles. The highest BCUT2D eigenvalue weighted by Gasteiger charge is 2.19. The smallest absolute Gasteiger partial charge is 0.411 e. The molecule has 2 rings (SSSR count). The molecular weight excluding hydrogens is 428 g/mol. The molecule has 0 aromatic heterocycles. The molecule has 0 saturated heterocycles. The minimum atomic E-state index is -0.626. The predicted octanol–water partition coefficient (Wildman–Crippen LogP) is 3.28. The molecule has 1 N–H and O–H groups in total. The Morgan fingerprint density at radius 3 is 2.21 bits per heavy atom. The quantitative estimate of drug-likeness (QED) is 0.314. The summed E-state index contributed by atoms with van der Waals surface area (Å²) < 4.78 is 14.7. The molecule has 2 amide bonds. The number of hydrogen-bond donors (Lipinski definition) is 1. The van der Waals surface area contributed by atoms with Crippen LogP contribution in [0.25, 0.3) is 0 Å². The molecule has 2 aromatic rings. The van der Waals surface area contributed by atoms with Crippen molar-refractivity contribution >= 4 is 29.6 Å². The Balaban J connectivity index is 1.94. The van der Waals surface area contributed by atoms with E-state index in [0.29, 0.717) is 5.69 Å². The molecule has 0 aliphatic heterocycles. The lowest BCUT2D eigenvalue weighted by atomic mass is 10.1. The first-order chi connectivity index (χ1) is 15.9. The van der Waals surface area contributed by atoms with Crippen LogP contribution in [0.1, 0.15) is 30.9 Å². The first-order valence-corrected chi connectivity index (χ1v) is 10.5. The number of carbonyl (C=O) groups excluding carboxylic acids is 4. The topological polar surface area (TPSA) is 111 Å². The molecule has 33 heavy (non-hydrogen) atoms. The molecule has 0 heterocycles. The van der Waals surface area contributed by atoms with E-state index in [4.69, 9.17) is 9.47 Å². The van der Waals surface area contributed by atoms with E-state index in [1.807, 2.05) is 30.3 Å². The van der Waals surface area contributed by atoms with Gasteiger partial charge in [0.1, 0.15) is 13.0 Å². The van der Waals surface area contributed by atoms with E-state index in [0.717, 1.165) is 11.1 Å². The third kappa shape index (κ3) is 9.42. The Hall–Kier alpha value is -3.88. The van der Waals surface area contributed by atoms with Gasteiger partial charge in [0.2, 0.25) is 5.91 Å². The highest BCUT2D eigenvalue weighted by Crippen LogP contribution is 2.14. The minimum Gasteiger partial charge on any atom is -0.469 e. The highest BCUT2D eigenvalue weighted by atomic mass is 16.5. The highest BCUT2D eigenvalue weighted by molar-refractivity contribution is 5.94. The van der Waals surface area contributed by atoms with Crippen molar-refractivity contribution in [3.8, 4) is 0 Å². The maximum atomic E-state index is 12.5. The van der Waals surface area contributed by atoms with Gasteiger partial charge >= 0.3 is 18.0 Å². The van der Waals surface area contributed by atoms with E-state index in [9.17, 15) is 19.2 Å². The van der Waals surface area contributed by atoms with E-state index in [-0.39, 0.29) is 32.7 Å². The molecule has 176 valence electrons. The number of anilines is 1. The average molecular weight is 456 g/mol. The van der Waals surface area contributed by atoms with Gasteiger partial charge in [-0.25, -0.2) is 4.79 Å². The molecule has 0 atom stereocenters. The normalized spacial score (nSPS) is 10.1. The largest absolute Gasteiger partial charge is 0.469 e. The summed E-state index contributed by atoms with van der Waals surface area (Å²) in [5.74, 6) is -1.54. The van der Waals surface area contributed by atoms with Gasteiger partial charge in [0.25, 0.3) is 0 Å². The molecular formula is C24H28N2O7. The zero-order chi connectivity index (χ0) is 24.1. The Morgan fingerprint density at radius 2 is 1.58 bits per heavy atom. The van der Waals surface area contributed by atoms with Crippen LogP contribution in [-0.2, 0) is 41.7 Å². The first kappa shape index (κ1) is 25.4. The number of nitrogens with one attached hydrogen (secondary N) is 1. The van der Waals surface area contributed by atoms with Crippen molar-refractivity contribution < 1.29 is 33.4 Å². The third-order valence-electron chi connectivity index (χ3n) is 4.55. The molecule has 0 aliphatic carbocycles. The van der Waals surface area contributed by atoms with Crippen LogP contribution >= 0.6 is 0 Å². The van der Waals surface area contributed by atoms with Crippen LogP contribution in [-0.4, -0.2) is 49.1 Å². The predicted molar refractivity (Wildman–Crippen MR) is 120 cm³/mol. The number of hydrogen-bond acceptors (Lipinski definition) is 7. The Kier molecular flexibility index (Phi) is 10.4. The summed E-state index contributed by atoms with van der Waals surface area (Å²) in [6, 6.07) is 16.1. The Labute approximate surface area is 192 Å².